The SMILES string of the molecule is Cc1cccc(C)c1-n1c(-c2nc(C(C)(C)C)cc(C(C)(C)C)c2O)nc2c(-c3cccc(-c4cc(-c5ccccc5)ccn4)c3)nccc21. The van der Waals surface area contributed by atoms with Crippen LogP contribution in [0.4, 0.5) is 0 Å². The molecule has 3 aromatic carbocycles. The number of hydrogen-bond donors (Lipinski definition) is 1. The Morgan fingerprint density at radius 2 is 1.24 bits per heavy atom. The second-order valence-electron chi connectivity index (χ2n) is 15.2. The number of aryl methyl sites for hydroxylation is 2. The molecule has 0 aliphatic heterocycles. The van der Waals surface area contributed by atoms with Crippen molar-refractivity contribution in [1.82, 2.24) is 24.5 Å². The Morgan fingerprint density at radius 3 is 1.94 bits per heavy atom. The van der Waals surface area contributed by atoms with Gasteiger partial charge in [-0.05, 0) is 71.8 Å². The van der Waals surface area contributed by atoms with Crippen molar-refractivity contribution in [2.45, 2.75) is 66.2 Å². The number of nitrogens with zero attached hydrogens (tertiary/aromatic N) is 5. The first kappa shape index (κ1) is 32.9. The van der Waals surface area contributed by atoms with Crippen molar-refractivity contribution in [2.24, 2.45) is 0 Å². The highest BCUT2D eigenvalue weighted by molar-refractivity contribution is 5.94. The van der Waals surface area contributed by atoms with E-state index in [-0.39, 0.29) is 16.6 Å². The molecule has 0 saturated heterocycles. The van der Waals surface area contributed by atoms with E-state index < -0.39 is 0 Å². The smallest absolute Gasteiger partial charge is 0.168 e. The van der Waals surface area contributed by atoms with Gasteiger partial charge < -0.3 is 5.11 Å². The van der Waals surface area contributed by atoms with Crippen molar-refractivity contribution >= 4 is 11.0 Å². The van der Waals surface area contributed by atoms with Gasteiger partial charge in [0.2, 0.25) is 0 Å². The molecule has 0 atom stereocenters. The van der Waals surface area contributed by atoms with E-state index in [0.29, 0.717) is 11.5 Å². The zero-order chi connectivity index (χ0) is 35.4. The van der Waals surface area contributed by atoms with Crippen molar-refractivity contribution in [1.29, 1.82) is 0 Å². The van der Waals surface area contributed by atoms with E-state index in [1.54, 1.807) is 0 Å². The molecule has 6 nitrogen and oxygen atoms in total. The van der Waals surface area contributed by atoms with Gasteiger partial charge in [0.15, 0.2) is 5.82 Å². The third-order valence-electron chi connectivity index (χ3n) is 9.32. The van der Waals surface area contributed by atoms with Crippen molar-refractivity contribution in [3.63, 3.8) is 0 Å². The molecule has 0 spiro atoms. The van der Waals surface area contributed by atoms with Crippen molar-refractivity contribution in [3.8, 4) is 56.6 Å². The Hall–Kier alpha value is -5.62. The number of aromatic nitrogens is 5. The Kier molecular flexibility index (Phi) is 8.14. The Morgan fingerprint density at radius 1 is 0.580 bits per heavy atom. The summed E-state index contributed by atoms with van der Waals surface area (Å²) in [7, 11) is 0. The molecule has 1 N–H and O–H groups in total. The molecule has 0 aliphatic rings. The third kappa shape index (κ3) is 5.96. The fourth-order valence-corrected chi connectivity index (χ4v) is 6.63. The number of aromatic hydroxyl groups is 1. The van der Waals surface area contributed by atoms with Gasteiger partial charge in [-0.1, -0.05) is 108 Å². The number of fused-ring (bicyclic) bond motifs is 1. The summed E-state index contributed by atoms with van der Waals surface area (Å²) in [6, 6.07) is 33.2. The van der Waals surface area contributed by atoms with Crippen molar-refractivity contribution < 1.29 is 5.11 Å². The summed E-state index contributed by atoms with van der Waals surface area (Å²) < 4.78 is 2.15. The molecule has 4 heterocycles. The van der Waals surface area contributed by atoms with E-state index in [0.717, 1.165) is 72.7 Å². The lowest BCUT2D eigenvalue weighted by Gasteiger charge is -2.26. The minimum Gasteiger partial charge on any atom is -0.505 e. The predicted molar refractivity (Wildman–Crippen MR) is 205 cm³/mol. The lowest BCUT2D eigenvalue weighted by molar-refractivity contribution is 0.441. The van der Waals surface area contributed by atoms with Crippen LogP contribution in [0.15, 0.2) is 109 Å². The third-order valence-corrected chi connectivity index (χ3v) is 9.32. The van der Waals surface area contributed by atoms with Crippen molar-refractivity contribution in [3.05, 3.63) is 132 Å². The van der Waals surface area contributed by atoms with Gasteiger partial charge >= 0.3 is 0 Å². The van der Waals surface area contributed by atoms with E-state index in [1.165, 1.54) is 0 Å². The summed E-state index contributed by atoms with van der Waals surface area (Å²) in [5, 5.41) is 12.0. The number of para-hydroxylation sites is 1. The van der Waals surface area contributed by atoms with Crippen molar-refractivity contribution in [2.75, 3.05) is 0 Å². The maximum Gasteiger partial charge on any atom is 0.168 e. The average Bonchev–Trinajstić information content (AvgIpc) is 3.47. The summed E-state index contributed by atoms with van der Waals surface area (Å²) in [6.45, 7) is 17.0. The van der Waals surface area contributed by atoms with Gasteiger partial charge in [-0.25, -0.2) is 9.97 Å². The minimum absolute atomic E-state index is 0.147. The lowest BCUT2D eigenvalue weighted by Crippen LogP contribution is -2.19. The maximum absolute atomic E-state index is 12.0. The van der Waals surface area contributed by atoms with Gasteiger partial charge in [-0.2, -0.15) is 0 Å². The largest absolute Gasteiger partial charge is 0.505 e. The molecule has 4 aromatic heterocycles. The fourth-order valence-electron chi connectivity index (χ4n) is 6.63. The topological polar surface area (TPSA) is 76.7 Å². The van der Waals surface area contributed by atoms with Gasteiger partial charge in [-0.3, -0.25) is 14.5 Å². The van der Waals surface area contributed by atoms with Crippen LogP contribution in [0.25, 0.3) is 61.9 Å². The van der Waals surface area contributed by atoms with E-state index >= 15 is 0 Å². The van der Waals surface area contributed by atoms with Crippen LogP contribution in [0.1, 0.15) is 63.9 Å². The maximum atomic E-state index is 12.0. The van der Waals surface area contributed by atoms with Gasteiger partial charge in [-0.15, -0.1) is 0 Å². The first-order valence-electron chi connectivity index (χ1n) is 17.1. The normalized spacial score (nSPS) is 12.1. The molecule has 0 radical (unpaired) electrons. The number of benzene rings is 3. The molecule has 0 unspecified atom stereocenters. The molecular weight excluding hydrogens is 615 g/mol. The van der Waals surface area contributed by atoms with Crippen LogP contribution in [0.3, 0.4) is 0 Å². The second-order valence-corrected chi connectivity index (χ2v) is 15.2. The van der Waals surface area contributed by atoms with E-state index in [1.807, 2.05) is 54.9 Å². The highest BCUT2D eigenvalue weighted by Gasteiger charge is 2.30. The Labute approximate surface area is 294 Å². The molecular formula is C44H43N5O. The van der Waals surface area contributed by atoms with Gasteiger partial charge in [0.1, 0.15) is 17.0 Å². The summed E-state index contributed by atoms with van der Waals surface area (Å²) >= 11 is 0. The quantitative estimate of drug-likeness (QED) is 0.199. The van der Waals surface area contributed by atoms with E-state index in [2.05, 4.69) is 115 Å². The summed E-state index contributed by atoms with van der Waals surface area (Å²) in [5.74, 6) is 0.725. The number of imidazole rings is 1. The van der Waals surface area contributed by atoms with Crippen LogP contribution >= 0.6 is 0 Å². The van der Waals surface area contributed by atoms with Crippen LogP contribution in [0, 0.1) is 13.8 Å². The number of rotatable bonds is 5. The monoisotopic (exact) mass is 657 g/mol. The standard InChI is InChI=1S/C44H43N5O/c1-27-14-12-15-28(2)40(27)49-35-21-23-46-37(32-19-13-18-31(24-32)34-25-30(20-22-45-34)29-16-10-9-11-17-29)38(35)48-42(49)39-41(50)33(43(3,4)5)26-36(47-39)44(6,7)8/h9-26,50H,1-8H3. The molecule has 0 aliphatic carbocycles. The van der Waals surface area contributed by atoms with Gasteiger partial charge in [0, 0.05) is 40.2 Å². The molecule has 0 amide bonds. The molecule has 7 aromatic rings. The van der Waals surface area contributed by atoms with Crippen LogP contribution in [0.5, 0.6) is 5.75 Å². The predicted octanol–water partition coefficient (Wildman–Crippen LogP) is 10.8. The first-order valence-corrected chi connectivity index (χ1v) is 17.1. The molecule has 0 saturated carbocycles. The Bertz CT molecular complexity index is 2360. The fraction of sp³-hybridized carbons (Fsp3) is 0.227. The lowest BCUT2D eigenvalue weighted by atomic mass is 9.82. The summed E-state index contributed by atoms with van der Waals surface area (Å²) in [5.41, 5.74) is 12.2. The van der Waals surface area contributed by atoms with Crippen LogP contribution in [-0.4, -0.2) is 29.6 Å². The highest BCUT2D eigenvalue weighted by atomic mass is 16.3. The minimum atomic E-state index is -0.323. The van der Waals surface area contributed by atoms with Crippen LogP contribution < -0.4 is 0 Å². The van der Waals surface area contributed by atoms with E-state index in [9.17, 15) is 5.11 Å². The first-order chi connectivity index (χ1) is 23.8. The molecule has 0 fully saturated rings. The number of hydrogen-bond acceptors (Lipinski definition) is 5. The summed E-state index contributed by atoms with van der Waals surface area (Å²) in [4.78, 5) is 20.2. The molecule has 0 bridgehead atoms. The van der Waals surface area contributed by atoms with Crippen LogP contribution in [-0.2, 0) is 10.8 Å². The molecule has 7 rings (SSSR count). The highest BCUT2D eigenvalue weighted by Crippen LogP contribution is 2.43. The summed E-state index contributed by atoms with van der Waals surface area (Å²) in [6.07, 6.45) is 3.70. The average molecular weight is 658 g/mol. The van der Waals surface area contributed by atoms with E-state index in [4.69, 9.17) is 19.9 Å². The molecule has 50 heavy (non-hydrogen) atoms. The number of pyridine rings is 3. The van der Waals surface area contributed by atoms with Gasteiger partial charge in [0.05, 0.1) is 22.6 Å². The van der Waals surface area contributed by atoms with Gasteiger partial charge in [0.25, 0.3) is 0 Å². The molecule has 6 heteroatoms. The molecule has 250 valence electrons. The Balaban J connectivity index is 1.48. The van der Waals surface area contributed by atoms with Crippen LogP contribution in [0.2, 0.25) is 0 Å². The zero-order valence-corrected chi connectivity index (χ0v) is 30.1. The second kappa shape index (κ2) is 12.4. The zero-order valence-electron chi connectivity index (χ0n) is 30.1.